The lowest BCUT2D eigenvalue weighted by molar-refractivity contribution is -0.140. The molecule has 1 aliphatic carbocycles. The molecule has 0 heterocycles. The van der Waals surface area contributed by atoms with E-state index >= 15 is 0 Å². The molecule has 130 valence electrons. The van der Waals surface area contributed by atoms with E-state index < -0.39 is 27.4 Å². The highest BCUT2D eigenvalue weighted by atomic mass is 32.2. The number of sulfonamides is 1. The number of hydrogen-bond acceptors (Lipinski definition) is 4. The van der Waals surface area contributed by atoms with Gasteiger partial charge in [-0.2, -0.15) is 4.72 Å². The van der Waals surface area contributed by atoms with Gasteiger partial charge in [-0.25, -0.2) is 8.42 Å². The van der Waals surface area contributed by atoms with Gasteiger partial charge in [-0.05, 0) is 31.0 Å². The van der Waals surface area contributed by atoms with Gasteiger partial charge in [0, 0.05) is 11.5 Å². The molecule has 2 aromatic rings. The largest absolute Gasteiger partial charge is 0.480 e. The summed E-state index contributed by atoms with van der Waals surface area (Å²) < 4.78 is 27.5. The third kappa shape index (κ3) is 3.20. The van der Waals surface area contributed by atoms with Crippen LogP contribution < -0.4 is 4.72 Å². The summed E-state index contributed by atoms with van der Waals surface area (Å²) in [6.45, 7) is 1.38. The molecule has 7 heteroatoms. The summed E-state index contributed by atoms with van der Waals surface area (Å²) in [5, 5.41) is 9.59. The molecule has 2 N–H and O–H groups in total. The maximum atomic E-state index is 12.6. The fourth-order valence-corrected chi connectivity index (χ4v) is 4.32. The van der Waals surface area contributed by atoms with Crippen LogP contribution in [0.1, 0.15) is 35.2 Å². The first-order valence-electron chi connectivity index (χ1n) is 7.69. The van der Waals surface area contributed by atoms with E-state index in [9.17, 15) is 23.1 Å². The second-order valence-corrected chi connectivity index (χ2v) is 7.81. The Morgan fingerprint density at radius 1 is 1.08 bits per heavy atom. The minimum absolute atomic E-state index is 0.0724. The van der Waals surface area contributed by atoms with Crippen LogP contribution in [-0.2, 0) is 14.8 Å². The summed E-state index contributed by atoms with van der Waals surface area (Å²) in [5.41, 5.74) is -0.376. The van der Waals surface area contributed by atoms with Crippen molar-refractivity contribution in [2.75, 3.05) is 0 Å². The van der Waals surface area contributed by atoms with Crippen LogP contribution in [0.15, 0.2) is 59.5 Å². The summed E-state index contributed by atoms with van der Waals surface area (Å²) >= 11 is 0. The number of aliphatic carboxylic acids is 1. The molecule has 0 bridgehead atoms. The maximum Gasteiger partial charge on any atom is 0.325 e. The fraction of sp³-hybridized carbons (Fsp3) is 0.222. The third-order valence-corrected chi connectivity index (χ3v) is 5.96. The van der Waals surface area contributed by atoms with Crippen molar-refractivity contribution >= 4 is 21.8 Å². The number of carboxylic acids is 1. The van der Waals surface area contributed by atoms with Crippen LogP contribution in [0.3, 0.4) is 0 Å². The van der Waals surface area contributed by atoms with Crippen LogP contribution in [0.5, 0.6) is 0 Å². The molecule has 0 amide bonds. The Morgan fingerprint density at radius 2 is 1.68 bits per heavy atom. The van der Waals surface area contributed by atoms with E-state index in [-0.39, 0.29) is 17.1 Å². The molecule has 2 aromatic carbocycles. The molecular formula is C18H17NO5S. The van der Waals surface area contributed by atoms with E-state index in [1.54, 1.807) is 24.3 Å². The van der Waals surface area contributed by atoms with Crippen molar-refractivity contribution in [2.45, 2.75) is 29.7 Å². The number of carbonyl (C=O) groups is 2. The minimum atomic E-state index is -4.03. The van der Waals surface area contributed by atoms with Crippen molar-refractivity contribution in [3.63, 3.8) is 0 Å². The van der Waals surface area contributed by atoms with Crippen molar-refractivity contribution in [3.05, 3.63) is 65.7 Å². The number of nitrogens with one attached hydrogen (secondary N) is 1. The van der Waals surface area contributed by atoms with Gasteiger partial charge in [-0.1, -0.05) is 42.5 Å². The number of carbonyl (C=O) groups excluding carboxylic acids is 1. The van der Waals surface area contributed by atoms with E-state index in [1.807, 2.05) is 6.07 Å². The quantitative estimate of drug-likeness (QED) is 0.770. The highest BCUT2D eigenvalue weighted by molar-refractivity contribution is 7.89. The smallest absolute Gasteiger partial charge is 0.325 e. The summed E-state index contributed by atoms with van der Waals surface area (Å²) in [6, 6.07) is 14.4. The van der Waals surface area contributed by atoms with E-state index in [2.05, 4.69) is 4.72 Å². The predicted molar refractivity (Wildman–Crippen MR) is 90.9 cm³/mol. The molecule has 3 rings (SSSR count). The van der Waals surface area contributed by atoms with Gasteiger partial charge in [0.25, 0.3) is 0 Å². The second-order valence-electron chi connectivity index (χ2n) is 6.13. The molecule has 1 fully saturated rings. The van der Waals surface area contributed by atoms with Crippen molar-refractivity contribution < 1.29 is 23.1 Å². The van der Waals surface area contributed by atoms with E-state index in [1.165, 1.54) is 31.2 Å². The number of benzene rings is 2. The van der Waals surface area contributed by atoms with Gasteiger partial charge in [0.05, 0.1) is 4.90 Å². The topological polar surface area (TPSA) is 101 Å². The number of Topliss-reactive ketones (excluding diaryl/α,β-unsaturated/α-hetero) is 1. The minimum Gasteiger partial charge on any atom is -0.480 e. The van der Waals surface area contributed by atoms with Crippen LogP contribution in [-0.4, -0.2) is 30.8 Å². The van der Waals surface area contributed by atoms with Gasteiger partial charge in [-0.15, -0.1) is 0 Å². The van der Waals surface area contributed by atoms with Crippen LogP contribution in [0.4, 0.5) is 0 Å². The summed E-state index contributed by atoms with van der Waals surface area (Å²) in [4.78, 5) is 23.0. The monoisotopic (exact) mass is 359 g/mol. The first-order chi connectivity index (χ1) is 11.8. The van der Waals surface area contributed by atoms with Crippen molar-refractivity contribution in [1.82, 2.24) is 4.72 Å². The summed E-state index contributed by atoms with van der Waals surface area (Å²) in [5.74, 6) is -1.80. The Kier molecular flexibility index (Phi) is 4.22. The van der Waals surface area contributed by atoms with E-state index in [0.29, 0.717) is 5.56 Å². The zero-order chi connectivity index (χ0) is 18.2. The van der Waals surface area contributed by atoms with Gasteiger partial charge in [0.1, 0.15) is 5.54 Å². The van der Waals surface area contributed by atoms with Gasteiger partial charge in [0.15, 0.2) is 5.78 Å². The normalized spacial score (nSPS) is 22.4. The molecular weight excluding hydrogens is 342 g/mol. The number of ketones is 1. The van der Waals surface area contributed by atoms with Gasteiger partial charge in [0.2, 0.25) is 10.0 Å². The lowest BCUT2D eigenvalue weighted by Gasteiger charge is -2.15. The first kappa shape index (κ1) is 17.3. The molecule has 0 aliphatic heterocycles. The average Bonchev–Trinajstić information content (AvgIpc) is 3.30. The highest BCUT2D eigenvalue weighted by Crippen LogP contribution is 2.52. The van der Waals surface area contributed by atoms with Crippen molar-refractivity contribution in [3.8, 4) is 0 Å². The van der Waals surface area contributed by atoms with Crippen molar-refractivity contribution in [1.29, 1.82) is 0 Å². The maximum absolute atomic E-state index is 12.6. The molecule has 0 spiro atoms. The average molecular weight is 359 g/mol. The third-order valence-electron chi connectivity index (χ3n) is 4.43. The van der Waals surface area contributed by atoms with Crippen LogP contribution >= 0.6 is 0 Å². The molecule has 0 aromatic heterocycles. The fourth-order valence-electron chi connectivity index (χ4n) is 2.91. The van der Waals surface area contributed by atoms with Crippen molar-refractivity contribution in [2.24, 2.45) is 0 Å². The highest BCUT2D eigenvalue weighted by Gasteiger charge is 2.63. The molecule has 0 saturated heterocycles. The Bertz CT molecular complexity index is 922. The molecule has 25 heavy (non-hydrogen) atoms. The summed E-state index contributed by atoms with van der Waals surface area (Å²) in [6.07, 6.45) is 0.192. The predicted octanol–water partition coefficient (Wildman–Crippen LogP) is 2.18. The van der Waals surface area contributed by atoms with Crippen LogP contribution in [0.25, 0.3) is 0 Å². The number of carboxylic acid groups (broad SMARTS) is 1. The Morgan fingerprint density at radius 3 is 2.20 bits per heavy atom. The Labute approximate surface area is 145 Å². The zero-order valence-corrected chi connectivity index (χ0v) is 14.3. The standard InChI is InChI=1S/C18H17NO5S/c1-12(20)13-7-9-15(10-8-13)25(23,24)19-18(17(21)22)11-16(18)14-5-3-2-4-6-14/h2-10,16,19H,11H2,1H3,(H,21,22)/t16-,18?/m0/s1. The van der Waals surface area contributed by atoms with Gasteiger partial charge in [-0.3, -0.25) is 9.59 Å². The van der Waals surface area contributed by atoms with Crippen LogP contribution in [0.2, 0.25) is 0 Å². The van der Waals surface area contributed by atoms with Gasteiger partial charge < -0.3 is 5.11 Å². The molecule has 6 nitrogen and oxygen atoms in total. The number of hydrogen-bond donors (Lipinski definition) is 2. The summed E-state index contributed by atoms with van der Waals surface area (Å²) in [7, 11) is -4.03. The van der Waals surface area contributed by atoms with Gasteiger partial charge >= 0.3 is 5.97 Å². The Hall–Kier alpha value is -2.51. The molecule has 0 radical (unpaired) electrons. The first-order valence-corrected chi connectivity index (χ1v) is 9.18. The second kappa shape index (κ2) is 6.09. The zero-order valence-electron chi connectivity index (χ0n) is 13.5. The molecule has 1 unspecified atom stereocenters. The SMILES string of the molecule is CC(=O)c1ccc(S(=O)(=O)NC2(C(=O)O)C[C@H]2c2ccccc2)cc1. The molecule has 2 atom stereocenters. The molecule has 1 saturated carbocycles. The lowest BCUT2D eigenvalue weighted by Crippen LogP contribution is -2.44. The number of rotatable bonds is 6. The van der Waals surface area contributed by atoms with E-state index in [0.717, 1.165) is 5.56 Å². The van der Waals surface area contributed by atoms with Crippen LogP contribution in [0, 0.1) is 0 Å². The Balaban J connectivity index is 1.88. The molecule has 1 aliphatic rings. The van der Waals surface area contributed by atoms with E-state index in [4.69, 9.17) is 0 Å². The lowest BCUT2D eigenvalue weighted by atomic mass is 10.1.